The predicted octanol–water partition coefficient (Wildman–Crippen LogP) is 3.19. The van der Waals surface area contributed by atoms with E-state index in [0.29, 0.717) is 5.56 Å². The van der Waals surface area contributed by atoms with Gasteiger partial charge in [0.25, 0.3) is 5.91 Å². The van der Waals surface area contributed by atoms with Gasteiger partial charge in [0.15, 0.2) is 0 Å². The Labute approximate surface area is 149 Å². The summed E-state index contributed by atoms with van der Waals surface area (Å²) >= 11 is 0. The van der Waals surface area contributed by atoms with Crippen molar-refractivity contribution in [1.29, 1.82) is 0 Å². The van der Waals surface area contributed by atoms with E-state index >= 15 is 0 Å². The molecule has 1 aliphatic heterocycles. The van der Waals surface area contributed by atoms with Gasteiger partial charge in [-0.25, -0.2) is 4.39 Å². The van der Waals surface area contributed by atoms with E-state index in [4.69, 9.17) is 9.31 Å². The molecule has 2 aliphatic rings. The first-order valence-electron chi connectivity index (χ1n) is 9.15. The molecule has 3 rings (SSSR count). The predicted molar refractivity (Wildman–Crippen MR) is 96.5 cm³/mol. The standard InChI is InChI=1S/C19H27BFNO3/c1-18(2)19(3,4)25-20(24-18)15-12-13(10-11-16(15)21)17(23)22-14-8-6-5-7-9-14/h10-12,14H,5-9H2,1-4H3,(H,22,23). The van der Waals surface area contributed by atoms with Crippen LogP contribution in [0.5, 0.6) is 0 Å². The number of carbonyl (C=O) groups is 1. The Morgan fingerprint density at radius 2 is 1.72 bits per heavy atom. The number of hydrogen-bond acceptors (Lipinski definition) is 3. The molecule has 0 bridgehead atoms. The average Bonchev–Trinajstić information content (AvgIpc) is 2.76. The molecule has 136 valence electrons. The molecule has 1 N–H and O–H groups in total. The van der Waals surface area contributed by atoms with E-state index in [-0.39, 0.29) is 17.4 Å². The van der Waals surface area contributed by atoms with E-state index < -0.39 is 24.1 Å². The largest absolute Gasteiger partial charge is 0.497 e. The Kier molecular flexibility index (Phi) is 4.95. The van der Waals surface area contributed by atoms with E-state index in [0.717, 1.165) is 25.7 Å². The van der Waals surface area contributed by atoms with Crippen LogP contribution in [0.4, 0.5) is 4.39 Å². The van der Waals surface area contributed by atoms with Crippen molar-refractivity contribution in [2.24, 2.45) is 0 Å². The molecular formula is C19H27BFNO3. The molecule has 1 aromatic carbocycles. The van der Waals surface area contributed by atoms with Crippen molar-refractivity contribution in [3.05, 3.63) is 29.6 Å². The summed E-state index contributed by atoms with van der Waals surface area (Å²) in [7, 11) is -0.813. The van der Waals surface area contributed by atoms with E-state index in [1.54, 1.807) is 6.07 Å². The topological polar surface area (TPSA) is 47.6 Å². The highest BCUT2D eigenvalue weighted by molar-refractivity contribution is 6.62. The normalized spacial score (nSPS) is 22.8. The van der Waals surface area contributed by atoms with Crippen LogP contribution in [0.25, 0.3) is 0 Å². The first-order valence-corrected chi connectivity index (χ1v) is 9.15. The van der Waals surface area contributed by atoms with E-state index in [2.05, 4.69) is 5.32 Å². The fourth-order valence-electron chi connectivity index (χ4n) is 3.35. The molecule has 0 spiro atoms. The lowest BCUT2D eigenvalue weighted by Gasteiger charge is -2.32. The van der Waals surface area contributed by atoms with Gasteiger partial charge in [0.2, 0.25) is 0 Å². The van der Waals surface area contributed by atoms with Gasteiger partial charge in [-0.3, -0.25) is 4.79 Å². The van der Waals surface area contributed by atoms with Crippen molar-refractivity contribution in [2.75, 3.05) is 0 Å². The highest BCUT2D eigenvalue weighted by atomic mass is 19.1. The number of halogens is 1. The molecule has 6 heteroatoms. The van der Waals surface area contributed by atoms with Gasteiger partial charge in [0.05, 0.1) is 11.2 Å². The van der Waals surface area contributed by atoms with Crippen molar-refractivity contribution < 1.29 is 18.5 Å². The third-order valence-corrected chi connectivity index (χ3v) is 5.71. The van der Waals surface area contributed by atoms with Gasteiger partial charge < -0.3 is 14.6 Å². The fourth-order valence-corrected chi connectivity index (χ4v) is 3.35. The zero-order valence-corrected chi connectivity index (χ0v) is 15.5. The van der Waals surface area contributed by atoms with E-state index in [1.165, 1.54) is 18.6 Å². The maximum atomic E-state index is 14.4. The van der Waals surface area contributed by atoms with Crippen LogP contribution in [0.2, 0.25) is 0 Å². The lowest BCUT2D eigenvalue weighted by atomic mass is 9.78. The molecule has 1 heterocycles. The Hall–Kier alpha value is -1.40. The molecule has 0 atom stereocenters. The molecule has 0 aromatic heterocycles. The Morgan fingerprint density at radius 1 is 1.12 bits per heavy atom. The van der Waals surface area contributed by atoms with Crippen LogP contribution in [0.1, 0.15) is 70.2 Å². The van der Waals surface area contributed by atoms with Crippen molar-refractivity contribution in [3.63, 3.8) is 0 Å². The highest BCUT2D eigenvalue weighted by Crippen LogP contribution is 2.36. The summed E-state index contributed by atoms with van der Waals surface area (Å²) in [5, 5.41) is 3.06. The minimum atomic E-state index is -0.813. The minimum absolute atomic E-state index is 0.162. The molecule has 4 nitrogen and oxygen atoms in total. The second-order valence-electron chi connectivity index (χ2n) is 8.13. The summed E-state index contributed by atoms with van der Waals surface area (Å²) in [6.45, 7) is 7.68. The smallest absolute Gasteiger partial charge is 0.399 e. The maximum absolute atomic E-state index is 14.4. The molecule has 2 fully saturated rings. The monoisotopic (exact) mass is 347 g/mol. The van der Waals surface area contributed by atoms with Gasteiger partial charge in [0, 0.05) is 17.1 Å². The Balaban J connectivity index is 1.78. The number of amides is 1. The third kappa shape index (κ3) is 3.75. The van der Waals surface area contributed by atoms with Gasteiger partial charge in [0.1, 0.15) is 5.82 Å². The van der Waals surface area contributed by atoms with E-state index in [1.807, 2.05) is 27.7 Å². The van der Waals surface area contributed by atoms with Crippen LogP contribution in [0.15, 0.2) is 18.2 Å². The summed E-state index contributed by atoms with van der Waals surface area (Å²) < 4.78 is 26.2. The van der Waals surface area contributed by atoms with Crippen LogP contribution in [0, 0.1) is 5.82 Å². The summed E-state index contributed by atoms with van der Waals surface area (Å²) in [4.78, 5) is 12.5. The number of rotatable bonds is 3. The van der Waals surface area contributed by atoms with Crippen molar-refractivity contribution in [2.45, 2.75) is 77.0 Å². The molecule has 0 unspecified atom stereocenters. The molecule has 1 amide bonds. The van der Waals surface area contributed by atoms with Gasteiger partial charge in [-0.05, 0) is 58.7 Å². The molecule has 1 saturated carbocycles. The first-order chi connectivity index (χ1) is 11.7. The number of nitrogens with one attached hydrogen (secondary N) is 1. The lowest BCUT2D eigenvalue weighted by Crippen LogP contribution is -2.41. The van der Waals surface area contributed by atoms with Gasteiger partial charge >= 0.3 is 7.12 Å². The van der Waals surface area contributed by atoms with Gasteiger partial charge in [-0.15, -0.1) is 0 Å². The summed E-state index contributed by atoms with van der Waals surface area (Å²) in [6, 6.07) is 4.60. The zero-order chi connectivity index (χ0) is 18.2. The van der Waals surface area contributed by atoms with Crippen LogP contribution in [-0.4, -0.2) is 30.3 Å². The van der Waals surface area contributed by atoms with Crippen LogP contribution in [-0.2, 0) is 9.31 Å². The molecule has 1 aromatic rings. The average molecular weight is 347 g/mol. The Morgan fingerprint density at radius 3 is 2.32 bits per heavy atom. The maximum Gasteiger partial charge on any atom is 0.497 e. The first kappa shape index (κ1) is 18.4. The summed E-state index contributed by atoms with van der Waals surface area (Å²) in [6.07, 6.45) is 5.55. The van der Waals surface area contributed by atoms with Gasteiger partial charge in [-0.2, -0.15) is 0 Å². The van der Waals surface area contributed by atoms with Crippen LogP contribution in [0.3, 0.4) is 0 Å². The molecule has 1 aliphatic carbocycles. The number of hydrogen-bond donors (Lipinski definition) is 1. The molecular weight excluding hydrogens is 320 g/mol. The molecule has 25 heavy (non-hydrogen) atoms. The van der Waals surface area contributed by atoms with Crippen molar-refractivity contribution in [3.8, 4) is 0 Å². The fraction of sp³-hybridized carbons (Fsp3) is 0.632. The minimum Gasteiger partial charge on any atom is -0.399 e. The lowest BCUT2D eigenvalue weighted by molar-refractivity contribution is 0.00578. The van der Waals surface area contributed by atoms with Crippen molar-refractivity contribution in [1.82, 2.24) is 5.32 Å². The number of benzene rings is 1. The second-order valence-corrected chi connectivity index (χ2v) is 8.13. The zero-order valence-electron chi connectivity index (χ0n) is 15.5. The van der Waals surface area contributed by atoms with E-state index in [9.17, 15) is 9.18 Å². The number of carbonyl (C=O) groups excluding carboxylic acids is 1. The second kappa shape index (κ2) is 6.73. The summed E-state index contributed by atoms with van der Waals surface area (Å²) in [5.41, 5.74) is -0.388. The van der Waals surface area contributed by atoms with Crippen molar-refractivity contribution >= 4 is 18.5 Å². The highest BCUT2D eigenvalue weighted by Gasteiger charge is 2.52. The summed E-state index contributed by atoms with van der Waals surface area (Å²) in [5.74, 6) is -0.586. The molecule has 0 radical (unpaired) electrons. The molecule has 1 saturated heterocycles. The SMILES string of the molecule is CC1(C)OB(c2cc(C(=O)NC3CCCCC3)ccc2F)OC1(C)C. The van der Waals surface area contributed by atoms with Crippen LogP contribution >= 0.6 is 0 Å². The quantitative estimate of drug-likeness (QED) is 0.855. The van der Waals surface area contributed by atoms with Crippen LogP contribution < -0.4 is 10.8 Å². The Bertz CT molecular complexity index is 640. The third-order valence-electron chi connectivity index (χ3n) is 5.71. The van der Waals surface area contributed by atoms with Gasteiger partial charge in [-0.1, -0.05) is 19.3 Å².